The molecule has 0 aromatic heterocycles. The van der Waals surface area contributed by atoms with Crippen molar-refractivity contribution in [2.24, 2.45) is 23.3 Å². The number of hydrogen-bond donors (Lipinski definition) is 4. The van der Waals surface area contributed by atoms with Crippen LogP contribution in [0, 0.1) is 11.8 Å². The van der Waals surface area contributed by atoms with Crippen LogP contribution in [0.1, 0.15) is 40.5 Å². The second-order valence-corrected chi connectivity index (χ2v) is 6.10. The summed E-state index contributed by atoms with van der Waals surface area (Å²) in [5.74, 6) is -2.94. The van der Waals surface area contributed by atoms with Gasteiger partial charge in [-0.05, 0) is 11.8 Å². The predicted molar refractivity (Wildman–Crippen MR) is 92.0 cm³/mol. The van der Waals surface area contributed by atoms with Crippen LogP contribution < -0.4 is 22.1 Å². The predicted octanol–water partition coefficient (Wildman–Crippen LogP) is -0.965. The van der Waals surface area contributed by atoms with Gasteiger partial charge in [0.15, 0.2) is 0 Å². The number of carbonyl (C=O) groups excluding carboxylic acids is 4. The molecule has 0 aliphatic heterocycles. The van der Waals surface area contributed by atoms with Gasteiger partial charge in [-0.3, -0.25) is 9.59 Å². The Kier molecular flexibility index (Phi) is 10.6. The van der Waals surface area contributed by atoms with E-state index in [1.54, 1.807) is 0 Å². The molecule has 2 amide bonds. The summed E-state index contributed by atoms with van der Waals surface area (Å²) < 4.78 is 4.50. The molecule has 0 rings (SSSR count). The number of nitrogens with one attached hydrogen (secondary N) is 2. The highest BCUT2D eigenvalue weighted by molar-refractivity contribution is 5.92. The first-order chi connectivity index (χ1) is 11.6. The van der Waals surface area contributed by atoms with E-state index in [0.29, 0.717) is 0 Å². The maximum atomic E-state index is 11.7. The van der Waals surface area contributed by atoms with Gasteiger partial charge in [0.2, 0.25) is 11.8 Å². The first-order valence-corrected chi connectivity index (χ1v) is 8.44. The van der Waals surface area contributed by atoms with Gasteiger partial charge in [0, 0.05) is 0 Å². The molecule has 0 saturated carbocycles. The summed E-state index contributed by atoms with van der Waals surface area (Å²) >= 11 is 0. The van der Waals surface area contributed by atoms with Crippen LogP contribution in [0.2, 0.25) is 0 Å². The van der Waals surface area contributed by atoms with Crippen molar-refractivity contribution in [3.63, 3.8) is 0 Å². The highest BCUT2D eigenvalue weighted by Gasteiger charge is 2.22. The summed E-state index contributed by atoms with van der Waals surface area (Å²) in [5, 5.41) is 4.62. The zero-order chi connectivity index (χ0) is 19.6. The second kappa shape index (κ2) is 11.5. The van der Waals surface area contributed by atoms with E-state index in [0.717, 1.165) is 12.8 Å². The number of rotatable bonds is 10. The molecule has 0 radical (unpaired) electrons. The van der Waals surface area contributed by atoms with Crippen LogP contribution in [0.15, 0.2) is 0 Å². The first-order valence-electron chi connectivity index (χ1n) is 8.44. The molecule has 0 aliphatic carbocycles. The summed E-state index contributed by atoms with van der Waals surface area (Å²) in [5.41, 5.74) is 11.4. The topological polar surface area (TPSA) is 154 Å². The highest BCUT2D eigenvalue weighted by atomic mass is 16.6. The summed E-state index contributed by atoms with van der Waals surface area (Å²) in [4.78, 5) is 46.5. The van der Waals surface area contributed by atoms with Gasteiger partial charge in [0.1, 0.15) is 13.1 Å². The molecule has 4 atom stereocenters. The van der Waals surface area contributed by atoms with E-state index < -0.39 is 48.9 Å². The second-order valence-electron chi connectivity index (χ2n) is 6.10. The molecule has 0 saturated heterocycles. The average molecular weight is 358 g/mol. The minimum Gasteiger partial charge on any atom is -0.390 e. The van der Waals surface area contributed by atoms with E-state index in [2.05, 4.69) is 15.4 Å². The third-order valence-corrected chi connectivity index (χ3v) is 4.16. The van der Waals surface area contributed by atoms with Crippen molar-refractivity contribution in [2.45, 2.75) is 52.6 Å². The number of esters is 2. The molecule has 0 aromatic carbocycles. The zero-order valence-electron chi connectivity index (χ0n) is 15.3. The number of hydrogen-bond acceptors (Lipinski definition) is 7. The number of nitrogens with two attached hydrogens (primary N) is 2. The molecule has 25 heavy (non-hydrogen) atoms. The Labute approximate surface area is 148 Å². The Morgan fingerprint density at radius 1 is 0.800 bits per heavy atom. The fraction of sp³-hybridized carbons (Fsp3) is 0.750. The maximum Gasteiger partial charge on any atom is 0.333 e. The van der Waals surface area contributed by atoms with Gasteiger partial charge in [0.05, 0.1) is 12.1 Å². The van der Waals surface area contributed by atoms with Gasteiger partial charge in [-0.2, -0.15) is 0 Å². The molecule has 0 bridgehead atoms. The van der Waals surface area contributed by atoms with Crippen molar-refractivity contribution in [1.29, 1.82) is 0 Å². The van der Waals surface area contributed by atoms with Gasteiger partial charge in [-0.25, -0.2) is 9.59 Å². The van der Waals surface area contributed by atoms with Crippen LogP contribution in [0.3, 0.4) is 0 Å². The standard InChI is InChI=1S/C16H30N4O5/c1-5-9(3)13(17)15(23)19-7-11(21)25-12(22)8-20-16(24)14(18)10(4)6-2/h9-10,13-14H,5-8,17-18H2,1-4H3,(H,19,23)(H,20,24)/t9-,10-,13-,14-/m1/s1. The lowest BCUT2D eigenvalue weighted by Crippen LogP contribution is -2.47. The van der Waals surface area contributed by atoms with Crippen LogP contribution in [0.25, 0.3) is 0 Å². The molecular weight excluding hydrogens is 328 g/mol. The monoisotopic (exact) mass is 358 g/mol. The number of ether oxygens (including phenoxy) is 1. The third kappa shape index (κ3) is 8.59. The van der Waals surface area contributed by atoms with E-state index in [-0.39, 0.29) is 11.8 Å². The normalized spacial score (nSPS) is 15.4. The van der Waals surface area contributed by atoms with Gasteiger partial charge in [-0.15, -0.1) is 0 Å². The van der Waals surface area contributed by atoms with Crippen molar-refractivity contribution in [2.75, 3.05) is 13.1 Å². The smallest absolute Gasteiger partial charge is 0.333 e. The van der Waals surface area contributed by atoms with E-state index in [1.807, 2.05) is 27.7 Å². The molecular formula is C16H30N4O5. The molecule has 144 valence electrons. The lowest BCUT2D eigenvalue weighted by atomic mass is 9.99. The summed E-state index contributed by atoms with van der Waals surface area (Å²) in [7, 11) is 0. The summed E-state index contributed by atoms with van der Waals surface area (Å²) in [6.45, 7) is 6.47. The molecule has 0 aliphatic rings. The largest absolute Gasteiger partial charge is 0.390 e. The van der Waals surface area contributed by atoms with E-state index in [1.165, 1.54) is 0 Å². The SMILES string of the molecule is CC[C@@H](C)[C@@H](N)C(=O)NCC(=O)OC(=O)CNC(=O)[C@H](N)[C@H](C)CC. The van der Waals surface area contributed by atoms with Crippen LogP contribution in [0.4, 0.5) is 0 Å². The Morgan fingerprint density at radius 2 is 1.12 bits per heavy atom. The number of amides is 2. The molecule has 9 heteroatoms. The van der Waals surface area contributed by atoms with Crippen molar-refractivity contribution in [3.8, 4) is 0 Å². The van der Waals surface area contributed by atoms with Crippen LogP contribution in [-0.4, -0.2) is 48.9 Å². The zero-order valence-corrected chi connectivity index (χ0v) is 15.3. The van der Waals surface area contributed by atoms with E-state index in [9.17, 15) is 19.2 Å². The van der Waals surface area contributed by atoms with Gasteiger partial charge < -0.3 is 26.8 Å². The molecule has 0 spiro atoms. The molecule has 6 N–H and O–H groups in total. The van der Waals surface area contributed by atoms with Crippen molar-refractivity contribution in [3.05, 3.63) is 0 Å². The maximum absolute atomic E-state index is 11.7. The van der Waals surface area contributed by atoms with Crippen LogP contribution in [0.5, 0.6) is 0 Å². The fourth-order valence-corrected chi connectivity index (χ4v) is 1.78. The quantitative estimate of drug-likeness (QED) is 0.289. The summed E-state index contributed by atoms with van der Waals surface area (Å²) in [6.07, 6.45) is 1.44. The van der Waals surface area contributed by atoms with Crippen LogP contribution in [-0.2, 0) is 23.9 Å². The van der Waals surface area contributed by atoms with Gasteiger partial charge >= 0.3 is 11.9 Å². The molecule has 0 fully saturated rings. The minimum atomic E-state index is -0.935. The third-order valence-electron chi connectivity index (χ3n) is 4.16. The van der Waals surface area contributed by atoms with Crippen molar-refractivity contribution in [1.82, 2.24) is 10.6 Å². The van der Waals surface area contributed by atoms with Crippen LogP contribution >= 0.6 is 0 Å². The van der Waals surface area contributed by atoms with E-state index in [4.69, 9.17) is 11.5 Å². The van der Waals surface area contributed by atoms with E-state index >= 15 is 0 Å². The van der Waals surface area contributed by atoms with Gasteiger partial charge in [-0.1, -0.05) is 40.5 Å². The first kappa shape index (κ1) is 23.0. The average Bonchev–Trinajstić information content (AvgIpc) is 2.61. The number of carbonyl (C=O) groups is 4. The Bertz CT molecular complexity index is 441. The molecule has 0 unspecified atom stereocenters. The molecule has 0 heterocycles. The minimum absolute atomic E-state index is 0.0393. The van der Waals surface area contributed by atoms with Gasteiger partial charge in [0.25, 0.3) is 0 Å². The Morgan fingerprint density at radius 3 is 1.40 bits per heavy atom. The molecule has 9 nitrogen and oxygen atoms in total. The Hall–Kier alpha value is -2.00. The molecule has 0 aromatic rings. The Balaban J connectivity index is 4.17. The van der Waals surface area contributed by atoms with Crippen molar-refractivity contribution < 1.29 is 23.9 Å². The summed E-state index contributed by atoms with van der Waals surface area (Å²) in [6, 6.07) is -1.48. The highest BCUT2D eigenvalue weighted by Crippen LogP contribution is 2.05. The fourth-order valence-electron chi connectivity index (χ4n) is 1.78. The lowest BCUT2D eigenvalue weighted by molar-refractivity contribution is -0.159. The lowest BCUT2D eigenvalue weighted by Gasteiger charge is -2.17. The van der Waals surface area contributed by atoms with Crippen molar-refractivity contribution >= 4 is 23.8 Å².